The van der Waals surface area contributed by atoms with E-state index >= 15 is 0 Å². The molecule has 1 aromatic rings. The Bertz CT molecular complexity index is 444. The van der Waals surface area contributed by atoms with E-state index in [2.05, 4.69) is 0 Å². The van der Waals surface area contributed by atoms with Crippen LogP contribution in [-0.2, 0) is 0 Å². The van der Waals surface area contributed by atoms with Crippen molar-refractivity contribution in [2.75, 3.05) is 20.7 Å². The van der Waals surface area contributed by atoms with Gasteiger partial charge in [0.15, 0.2) is 0 Å². The maximum absolute atomic E-state index is 13.1. The number of ether oxygens (including phenoxy) is 1. The Morgan fingerprint density at radius 2 is 2.06 bits per heavy atom. The van der Waals surface area contributed by atoms with Gasteiger partial charge in [0, 0.05) is 5.54 Å². The van der Waals surface area contributed by atoms with E-state index in [4.69, 9.17) is 15.9 Å². The van der Waals surface area contributed by atoms with Crippen molar-refractivity contribution in [2.45, 2.75) is 19.4 Å². The number of nitrogen functional groups attached to an aromatic ring is 1. The molecule has 4 nitrogen and oxygen atoms in total. The molecule has 1 rings (SSSR count). The number of hydrogen-bond donors (Lipinski definition) is 2. The van der Waals surface area contributed by atoms with Crippen LogP contribution in [-0.4, -0.2) is 37.0 Å². The van der Waals surface area contributed by atoms with Crippen molar-refractivity contribution in [2.24, 2.45) is 5.73 Å². The number of rotatable bonds is 5. The number of nitrogens with one attached hydrogen (secondary N) is 1. The van der Waals surface area contributed by atoms with Crippen LogP contribution < -0.4 is 10.5 Å². The summed E-state index contributed by atoms with van der Waals surface area (Å²) in [5.41, 5.74) is 5.53. The second kappa shape index (κ2) is 5.35. The van der Waals surface area contributed by atoms with Gasteiger partial charge in [-0.1, -0.05) is 0 Å². The number of halogens is 1. The van der Waals surface area contributed by atoms with Crippen LogP contribution in [0.2, 0.25) is 0 Å². The van der Waals surface area contributed by atoms with Crippen molar-refractivity contribution in [3.63, 3.8) is 0 Å². The second-order valence-electron chi connectivity index (χ2n) is 5.05. The molecule has 100 valence electrons. The van der Waals surface area contributed by atoms with Crippen LogP contribution in [0.5, 0.6) is 5.75 Å². The van der Waals surface area contributed by atoms with Gasteiger partial charge in [-0.2, -0.15) is 0 Å². The van der Waals surface area contributed by atoms with Crippen LogP contribution in [0.25, 0.3) is 0 Å². The van der Waals surface area contributed by atoms with Crippen molar-refractivity contribution in [3.05, 3.63) is 29.6 Å². The standard InChI is InChI=1S/C13H20FN3O/c1-13(2,17(3)4)8-18-11-6-5-9(14)7-10(11)12(15)16/h5-7H,8H2,1-4H3,(H3,15,16). The molecule has 0 saturated heterocycles. The first-order chi connectivity index (χ1) is 8.24. The molecule has 0 atom stereocenters. The third-order valence-electron chi connectivity index (χ3n) is 3.02. The lowest BCUT2D eigenvalue weighted by Crippen LogP contribution is -2.43. The highest BCUT2D eigenvalue weighted by atomic mass is 19.1. The first-order valence-corrected chi connectivity index (χ1v) is 5.68. The summed E-state index contributed by atoms with van der Waals surface area (Å²) in [6, 6.07) is 4.00. The number of likely N-dealkylation sites (N-methyl/N-ethyl adjacent to an activating group) is 1. The number of amidine groups is 1. The van der Waals surface area contributed by atoms with Crippen LogP contribution in [0.4, 0.5) is 4.39 Å². The lowest BCUT2D eigenvalue weighted by atomic mass is 10.1. The maximum atomic E-state index is 13.1. The molecule has 0 aromatic heterocycles. The van der Waals surface area contributed by atoms with Crippen molar-refractivity contribution in [3.8, 4) is 5.75 Å². The minimum Gasteiger partial charge on any atom is -0.491 e. The van der Waals surface area contributed by atoms with Crippen molar-refractivity contribution >= 4 is 5.84 Å². The highest BCUT2D eigenvalue weighted by Gasteiger charge is 2.22. The Hall–Kier alpha value is -1.62. The molecule has 0 bridgehead atoms. The number of hydrogen-bond acceptors (Lipinski definition) is 3. The van der Waals surface area contributed by atoms with Crippen LogP contribution >= 0.6 is 0 Å². The largest absolute Gasteiger partial charge is 0.491 e. The molecule has 5 heteroatoms. The van der Waals surface area contributed by atoms with E-state index in [-0.39, 0.29) is 16.9 Å². The molecule has 18 heavy (non-hydrogen) atoms. The summed E-state index contributed by atoms with van der Waals surface area (Å²) < 4.78 is 18.7. The molecular formula is C13H20FN3O. The van der Waals surface area contributed by atoms with Gasteiger partial charge in [-0.3, -0.25) is 5.41 Å². The normalized spacial score (nSPS) is 11.7. The molecule has 0 spiro atoms. The van der Waals surface area contributed by atoms with Crippen molar-refractivity contribution in [1.29, 1.82) is 5.41 Å². The Morgan fingerprint density at radius 1 is 1.44 bits per heavy atom. The summed E-state index contributed by atoms with van der Waals surface area (Å²) in [6.45, 7) is 4.49. The summed E-state index contributed by atoms with van der Waals surface area (Å²) in [5.74, 6) is -0.203. The average molecular weight is 253 g/mol. The summed E-state index contributed by atoms with van der Waals surface area (Å²) in [6.07, 6.45) is 0. The molecule has 0 heterocycles. The van der Waals surface area contributed by atoms with Crippen molar-refractivity contribution < 1.29 is 9.13 Å². The minimum atomic E-state index is -0.431. The molecule has 0 unspecified atom stereocenters. The van der Waals surface area contributed by atoms with Crippen LogP contribution in [0.15, 0.2) is 18.2 Å². The summed E-state index contributed by atoms with van der Waals surface area (Å²) in [7, 11) is 3.92. The first-order valence-electron chi connectivity index (χ1n) is 5.68. The predicted molar refractivity (Wildman–Crippen MR) is 70.7 cm³/mol. The molecule has 0 fully saturated rings. The fourth-order valence-corrected chi connectivity index (χ4v) is 1.22. The van der Waals surface area contributed by atoms with Gasteiger partial charge in [0.1, 0.15) is 24.0 Å². The smallest absolute Gasteiger partial charge is 0.130 e. The van der Waals surface area contributed by atoms with E-state index in [0.29, 0.717) is 12.4 Å². The molecule has 0 saturated carbocycles. The van der Waals surface area contributed by atoms with Gasteiger partial charge in [-0.05, 0) is 46.1 Å². The topological polar surface area (TPSA) is 62.3 Å². The molecule has 0 aliphatic rings. The van der Waals surface area contributed by atoms with Gasteiger partial charge in [0.05, 0.1) is 5.56 Å². The predicted octanol–water partition coefficient (Wildman–Crippen LogP) is 1.83. The Labute approximate surface area is 107 Å². The van der Waals surface area contributed by atoms with Gasteiger partial charge >= 0.3 is 0 Å². The van der Waals surface area contributed by atoms with E-state index in [1.165, 1.54) is 18.2 Å². The quantitative estimate of drug-likeness (QED) is 0.621. The molecule has 0 radical (unpaired) electrons. The lowest BCUT2D eigenvalue weighted by Gasteiger charge is -2.32. The SMILES string of the molecule is CN(C)C(C)(C)COc1ccc(F)cc1C(=N)N. The lowest BCUT2D eigenvalue weighted by molar-refractivity contribution is 0.114. The Morgan fingerprint density at radius 3 is 2.56 bits per heavy atom. The zero-order chi connectivity index (χ0) is 13.9. The number of benzene rings is 1. The van der Waals surface area contributed by atoms with Gasteiger partial charge in [0.25, 0.3) is 0 Å². The van der Waals surface area contributed by atoms with E-state index in [1.807, 2.05) is 32.8 Å². The highest BCUT2D eigenvalue weighted by molar-refractivity contribution is 5.97. The average Bonchev–Trinajstić information content (AvgIpc) is 2.27. The molecule has 0 aliphatic heterocycles. The Balaban J connectivity index is 2.89. The molecule has 0 aliphatic carbocycles. The maximum Gasteiger partial charge on any atom is 0.130 e. The van der Waals surface area contributed by atoms with E-state index in [0.717, 1.165) is 0 Å². The molecule has 0 amide bonds. The van der Waals surface area contributed by atoms with Gasteiger partial charge in [0.2, 0.25) is 0 Å². The third kappa shape index (κ3) is 3.43. The molecule has 1 aromatic carbocycles. The summed E-state index contributed by atoms with van der Waals surface area (Å²) >= 11 is 0. The van der Waals surface area contributed by atoms with Gasteiger partial charge in [-0.15, -0.1) is 0 Å². The fourth-order valence-electron chi connectivity index (χ4n) is 1.22. The fraction of sp³-hybridized carbons (Fsp3) is 0.462. The first kappa shape index (κ1) is 14.4. The minimum absolute atomic E-state index is 0.164. The zero-order valence-corrected chi connectivity index (χ0v) is 11.2. The Kier molecular flexibility index (Phi) is 4.29. The van der Waals surface area contributed by atoms with Gasteiger partial charge < -0.3 is 15.4 Å². The van der Waals surface area contributed by atoms with E-state index in [1.54, 1.807) is 0 Å². The number of nitrogens with two attached hydrogens (primary N) is 1. The van der Waals surface area contributed by atoms with Crippen LogP contribution in [0.1, 0.15) is 19.4 Å². The third-order valence-corrected chi connectivity index (χ3v) is 3.02. The molecule has 3 N–H and O–H groups in total. The van der Waals surface area contributed by atoms with E-state index < -0.39 is 5.82 Å². The van der Waals surface area contributed by atoms with Gasteiger partial charge in [-0.25, -0.2) is 4.39 Å². The van der Waals surface area contributed by atoms with E-state index in [9.17, 15) is 4.39 Å². The number of nitrogens with zero attached hydrogens (tertiary/aromatic N) is 1. The highest BCUT2D eigenvalue weighted by Crippen LogP contribution is 2.21. The monoisotopic (exact) mass is 253 g/mol. The van der Waals surface area contributed by atoms with Crippen molar-refractivity contribution in [1.82, 2.24) is 4.90 Å². The summed E-state index contributed by atoms with van der Waals surface area (Å²) in [4.78, 5) is 2.03. The zero-order valence-electron chi connectivity index (χ0n) is 11.2. The molecular weight excluding hydrogens is 233 g/mol. The summed E-state index contributed by atoms with van der Waals surface area (Å²) in [5, 5.41) is 7.41. The van der Waals surface area contributed by atoms with Crippen LogP contribution in [0.3, 0.4) is 0 Å². The van der Waals surface area contributed by atoms with Crippen LogP contribution in [0, 0.1) is 11.2 Å². The second-order valence-corrected chi connectivity index (χ2v) is 5.05.